The first-order valence-electron chi connectivity index (χ1n) is 6.11. The molecule has 1 aromatic carbocycles. The lowest BCUT2D eigenvalue weighted by Gasteiger charge is -2.11. The van der Waals surface area contributed by atoms with Gasteiger partial charge in [0.05, 0.1) is 30.6 Å². The Morgan fingerprint density at radius 2 is 2.05 bits per heavy atom. The van der Waals surface area contributed by atoms with Gasteiger partial charge in [0.15, 0.2) is 11.5 Å². The van der Waals surface area contributed by atoms with E-state index in [0.717, 1.165) is 5.69 Å². The Morgan fingerprint density at radius 1 is 1.25 bits per heavy atom. The summed E-state index contributed by atoms with van der Waals surface area (Å²) in [7, 11) is 1.53. The van der Waals surface area contributed by atoms with Crippen LogP contribution in [0.5, 0.6) is 17.2 Å². The highest BCUT2D eigenvalue weighted by atomic mass is 16.5. The molecule has 5 nitrogen and oxygen atoms in total. The molecule has 1 atom stereocenters. The van der Waals surface area contributed by atoms with Crippen LogP contribution in [0.25, 0.3) is 0 Å². The summed E-state index contributed by atoms with van der Waals surface area (Å²) in [5.74, 6) is 1.61. The lowest BCUT2D eigenvalue weighted by Crippen LogP contribution is -2.06. The number of aromatic nitrogens is 1. The van der Waals surface area contributed by atoms with Gasteiger partial charge in [0.1, 0.15) is 5.75 Å². The summed E-state index contributed by atoms with van der Waals surface area (Å²) in [4.78, 5) is 4.22. The van der Waals surface area contributed by atoms with Crippen LogP contribution < -0.4 is 15.2 Å². The average molecular weight is 269 g/mol. The Kier molecular flexibility index (Phi) is 4.18. The van der Waals surface area contributed by atoms with Crippen molar-refractivity contribution in [2.45, 2.75) is 13.0 Å². The van der Waals surface area contributed by atoms with Gasteiger partial charge in [-0.3, -0.25) is 4.98 Å². The van der Waals surface area contributed by atoms with E-state index >= 15 is 0 Å². The Morgan fingerprint density at radius 3 is 2.60 bits per heavy atom. The summed E-state index contributed by atoms with van der Waals surface area (Å²) in [6.07, 6.45) is 1.61. The van der Waals surface area contributed by atoms with Gasteiger partial charge in [0.25, 0.3) is 0 Å². The number of ether oxygens (including phenoxy) is 2. The minimum Gasteiger partial charge on any atom is -0.493 e. The number of rotatable bonds is 4. The molecule has 1 aromatic heterocycles. The maximum Gasteiger partial charge on any atom is 0.169 e. The van der Waals surface area contributed by atoms with Gasteiger partial charge in [0.2, 0.25) is 0 Å². The molecule has 2 N–H and O–H groups in total. The van der Waals surface area contributed by atoms with Gasteiger partial charge in [-0.1, -0.05) is 0 Å². The number of methoxy groups -OCH3 is 1. The molecular formula is C15H15N3O2. The molecule has 0 spiro atoms. The number of hydrogen-bond donors (Lipinski definition) is 1. The van der Waals surface area contributed by atoms with Crippen molar-refractivity contribution >= 4 is 0 Å². The van der Waals surface area contributed by atoms with Crippen molar-refractivity contribution in [3.8, 4) is 23.3 Å². The molecule has 0 bridgehead atoms. The molecule has 0 radical (unpaired) electrons. The number of nitrogens with zero attached hydrogens (tertiary/aromatic N) is 2. The minimum absolute atomic E-state index is 0.117. The first-order chi connectivity index (χ1) is 9.63. The van der Waals surface area contributed by atoms with Crippen LogP contribution >= 0.6 is 0 Å². The highest BCUT2D eigenvalue weighted by Crippen LogP contribution is 2.32. The number of nitriles is 1. The van der Waals surface area contributed by atoms with Crippen molar-refractivity contribution in [2.24, 2.45) is 5.73 Å². The van der Waals surface area contributed by atoms with Gasteiger partial charge < -0.3 is 15.2 Å². The predicted octanol–water partition coefficient (Wildman–Crippen LogP) is 2.77. The van der Waals surface area contributed by atoms with Gasteiger partial charge in [0, 0.05) is 12.1 Å². The SMILES string of the molecule is COc1cc(C#N)ccc1Oc1ccc(C(C)N)nc1. The van der Waals surface area contributed by atoms with Gasteiger partial charge in [-0.15, -0.1) is 0 Å². The van der Waals surface area contributed by atoms with Crippen LogP contribution in [0.4, 0.5) is 0 Å². The molecule has 0 aliphatic rings. The smallest absolute Gasteiger partial charge is 0.169 e. The van der Waals surface area contributed by atoms with Crippen LogP contribution in [-0.4, -0.2) is 12.1 Å². The van der Waals surface area contributed by atoms with Crippen molar-refractivity contribution in [2.75, 3.05) is 7.11 Å². The Balaban J connectivity index is 2.23. The second kappa shape index (κ2) is 6.04. The standard InChI is InChI=1S/C15H15N3O2/c1-10(17)13-5-4-12(9-18-13)20-14-6-3-11(8-16)7-15(14)19-2/h3-7,9-10H,17H2,1-2H3. The van der Waals surface area contributed by atoms with Crippen LogP contribution in [0.15, 0.2) is 36.5 Å². The summed E-state index contributed by atoms with van der Waals surface area (Å²) in [6.45, 7) is 1.87. The fourth-order valence-electron chi connectivity index (χ4n) is 1.67. The first kappa shape index (κ1) is 13.8. The van der Waals surface area contributed by atoms with Crippen molar-refractivity contribution in [1.82, 2.24) is 4.98 Å². The van der Waals surface area contributed by atoms with E-state index in [2.05, 4.69) is 11.1 Å². The van der Waals surface area contributed by atoms with E-state index in [1.54, 1.807) is 30.5 Å². The number of nitrogens with two attached hydrogens (primary N) is 1. The summed E-state index contributed by atoms with van der Waals surface area (Å²) < 4.78 is 10.9. The Hall–Kier alpha value is -2.58. The zero-order valence-electron chi connectivity index (χ0n) is 11.3. The molecule has 102 valence electrons. The zero-order valence-corrected chi connectivity index (χ0v) is 11.3. The molecular weight excluding hydrogens is 254 g/mol. The van der Waals surface area contributed by atoms with Gasteiger partial charge in [-0.2, -0.15) is 5.26 Å². The van der Waals surface area contributed by atoms with Gasteiger partial charge >= 0.3 is 0 Å². The van der Waals surface area contributed by atoms with Crippen molar-refractivity contribution < 1.29 is 9.47 Å². The van der Waals surface area contributed by atoms with Crippen molar-refractivity contribution in [3.05, 3.63) is 47.8 Å². The summed E-state index contributed by atoms with van der Waals surface area (Å²) in [6, 6.07) is 10.5. The third kappa shape index (κ3) is 3.05. The van der Waals surface area contributed by atoms with E-state index < -0.39 is 0 Å². The molecule has 0 fully saturated rings. The van der Waals surface area contributed by atoms with E-state index in [1.807, 2.05) is 13.0 Å². The molecule has 0 amide bonds. The normalized spacial score (nSPS) is 11.5. The molecule has 1 heterocycles. The topological polar surface area (TPSA) is 81.2 Å². The molecule has 20 heavy (non-hydrogen) atoms. The molecule has 2 aromatic rings. The van der Waals surface area contributed by atoms with E-state index in [4.69, 9.17) is 20.5 Å². The second-order valence-electron chi connectivity index (χ2n) is 4.29. The fraction of sp³-hybridized carbons (Fsp3) is 0.200. The summed E-state index contributed by atoms with van der Waals surface area (Å²) >= 11 is 0. The average Bonchev–Trinajstić information content (AvgIpc) is 2.48. The molecule has 0 saturated carbocycles. The van der Waals surface area contributed by atoms with Crippen molar-refractivity contribution in [3.63, 3.8) is 0 Å². The lowest BCUT2D eigenvalue weighted by atomic mass is 10.2. The Labute approximate surface area is 117 Å². The molecule has 0 aliphatic heterocycles. The highest BCUT2D eigenvalue weighted by molar-refractivity contribution is 5.48. The molecule has 0 aliphatic carbocycles. The monoisotopic (exact) mass is 269 g/mol. The number of benzene rings is 1. The van der Waals surface area contributed by atoms with Crippen LogP contribution in [-0.2, 0) is 0 Å². The first-order valence-corrected chi connectivity index (χ1v) is 6.11. The maximum absolute atomic E-state index is 8.85. The van der Waals surface area contributed by atoms with Gasteiger partial charge in [-0.05, 0) is 31.2 Å². The van der Waals surface area contributed by atoms with Gasteiger partial charge in [-0.25, -0.2) is 0 Å². The molecule has 5 heteroatoms. The van der Waals surface area contributed by atoms with Crippen LogP contribution in [0.2, 0.25) is 0 Å². The second-order valence-corrected chi connectivity index (χ2v) is 4.29. The van der Waals surface area contributed by atoms with Crippen LogP contribution in [0.1, 0.15) is 24.2 Å². The number of pyridine rings is 1. The largest absolute Gasteiger partial charge is 0.493 e. The molecule has 2 rings (SSSR count). The Bertz CT molecular complexity index is 631. The third-order valence-corrected chi connectivity index (χ3v) is 2.75. The molecule has 1 unspecified atom stereocenters. The summed E-state index contributed by atoms with van der Waals surface area (Å²) in [5, 5.41) is 8.85. The third-order valence-electron chi connectivity index (χ3n) is 2.75. The van der Waals surface area contributed by atoms with E-state index in [0.29, 0.717) is 22.8 Å². The van der Waals surface area contributed by atoms with Crippen LogP contribution in [0.3, 0.4) is 0 Å². The lowest BCUT2D eigenvalue weighted by molar-refractivity contribution is 0.378. The quantitative estimate of drug-likeness (QED) is 0.923. The van der Waals surface area contributed by atoms with Crippen LogP contribution in [0, 0.1) is 11.3 Å². The number of hydrogen-bond acceptors (Lipinski definition) is 5. The predicted molar refractivity (Wildman–Crippen MR) is 74.6 cm³/mol. The van der Waals surface area contributed by atoms with E-state index in [9.17, 15) is 0 Å². The fourth-order valence-corrected chi connectivity index (χ4v) is 1.67. The van der Waals surface area contributed by atoms with Crippen molar-refractivity contribution in [1.29, 1.82) is 5.26 Å². The summed E-state index contributed by atoms with van der Waals surface area (Å²) in [5.41, 5.74) is 7.05. The highest BCUT2D eigenvalue weighted by Gasteiger charge is 2.08. The zero-order chi connectivity index (χ0) is 14.5. The maximum atomic E-state index is 8.85. The van der Waals surface area contributed by atoms with E-state index in [-0.39, 0.29) is 6.04 Å². The molecule has 0 saturated heterocycles. The minimum atomic E-state index is -0.117. The van der Waals surface area contributed by atoms with E-state index in [1.165, 1.54) is 7.11 Å².